The Balaban J connectivity index is 1.68. The molecule has 0 bridgehead atoms. The quantitative estimate of drug-likeness (QED) is 0.783. The van der Waals surface area contributed by atoms with Gasteiger partial charge in [0.05, 0.1) is 17.6 Å². The molecule has 1 N–H and O–H groups in total. The Hall–Kier alpha value is -2.22. The number of likely N-dealkylation sites (tertiary alicyclic amines) is 1. The zero-order valence-corrected chi connectivity index (χ0v) is 15.4. The van der Waals surface area contributed by atoms with E-state index in [2.05, 4.69) is 26.5 Å². The number of nitrogens with zero attached hydrogens (tertiary/aromatic N) is 1. The van der Waals surface area contributed by atoms with Crippen LogP contribution in [0.1, 0.15) is 22.3 Å². The first kappa shape index (κ1) is 18.6. The number of benzene rings is 2. The minimum Gasteiger partial charge on any atom is -0.465 e. The standard InChI is InChI=1S/C19H22N2O4S/c1-25-19(22)17-9-5-6-10-18(17)26(23,24)20-16-11-12-21(14-16)13-15-7-3-2-4-8-15/h2-10,16,20H,11-14H2,1H3. The Morgan fingerprint density at radius 1 is 1.15 bits per heavy atom. The predicted molar refractivity (Wildman–Crippen MR) is 98.2 cm³/mol. The molecule has 0 radical (unpaired) electrons. The van der Waals surface area contributed by atoms with Crippen molar-refractivity contribution in [1.29, 1.82) is 0 Å². The number of carbonyl (C=O) groups is 1. The van der Waals surface area contributed by atoms with Gasteiger partial charge in [0.15, 0.2) is 0 Å². The van der Waals surface area contributed by atoms with E-state index in [4.69, 9.17) is 0 Å². The molecule has 3 rings (SSSR count). The highest BCUT2D eigenvalue weighted by Crippen LogP contribution is 2.19. The largest absolute Gasteiger partial charge is 0.465 e. The predicted octanol–water partition coefficient (Wildman–Crippen LogP) is 2.03. The summed E-state index contributed by atoms with van der Waals surface area (Å²) in [6.45, 7) is 2.24. The number of ether oxygens (including phenoxy) is 1. The van der Waals surface area contributed by atoms with Crippen LogP contribution in [0.25, 0.3) is 0 Å². The van der Waals surface area contributed by atoms with E-state index in [1.165, 1.54) is 24.8 Å². The second kappa shape index (κ2) is 7.99. The van der Waals surface area contributed by atoms with E-state index in [9.17, 15) is 13.2 Å². The number of methoxy groups -OCH3 is 1. The van der Waals surface area contributed by atoms with Crippen LogP contribution in [0, 0.1) is 0 Å². The van der Waals surface area contributed by atoms with Gasteiger partial charge in [-0.1, -0.05) is 42.5 Å². The fraction of sp³-hybridized carbons (Fsp3) is 0.316. The van der Waals surface area contributed by atoms with Crippen LogP contribution < -0.4 is 4.72 Å². The molecule has 0 spiro atoms. The van der Waals surface area contributed by atoms with Gasteiger partial charge in [0.25, 0.3) is 0 Å². The van der Waals surface area contributed by atoms with Crippen molar-refractivity contribution in [3.8, 4) is 0 Å². The smallest absolute Gasteiger partial charge is 0.339 e. The van der Waals surface area contributed by atoms with E-state index in [0.29, 0.717) is 6.54 Å². The molecule has 1 aliphatic rings. The summed E-state index contributed by atoms with van der Waals surface area (Å²) >= 11 is 0. The lowest BCUT2D eigenvalue weighted by atomic mass is 10.2. The number of carbonyl (C=O) groups excluding carboxylic acids is 1. The maximum absolute atomic E-state index is 12.8. The summed E-state index contributed by atoms with van der Waals surface area (Å²) in [5.74, 6) is -0.664. The summed E-state index contributed by atoms with van der Waals surface area (Å²) in [5, 5.41) is 0. The first-order valence-electron chi connectivity index (χ1n) is 8.45. The lowest BCUT2D eigenvalue weighted by molar-refractivity contribution is 0.0596. The van der Waals surface area contributed by atoms with Gasteiger partial charge in [-0.25, -0.2) is 17.9 Å². The molecule has 26 heavy (non-hydrogen) atoms. The average molecular weight is 374 g/mol. The molecule has 7 heteroatoms. The molecular formula is C19H22N2O4S. The summed E-state index contributed by atoms with van der Waals surface area (Å²) in [6.07, 6.45) is 0.729. The van der Waals surface area contributed by atoms with Crippen LogP contribution in [0.15, 0.2) is 59.5 Å². The maximum Gasteiger partial charge on any atom is 0.339 e. The second-order valence-corrected chi connectivity index (χ2v) is 8.00. The fourth-order valence-electron chi connectivity index (χ4n) is 3.18. The van der Waals surface area contributed by atoms with Crippen molar-refractivity contribution in [2.45, 2.75) is 23.9 Å². The first-order valence-corrected chi connectivity index (χ1v) is 9.94. The van der Waals surface area contributed by atoms with Gasteiger partial charge >= 0.3 is 5.97 Å². The van der Waals surface area contributed by atoms with Crippen molar-refractivity contribution in [3.63, 3.8) is 0 Å². The van der Waals surface area contributed by atoms with Gasteiger partial charge in [-0.3, -0.25) is 4.90 Å². The number of nitrogens with one attached hydrogen (secondary N) is 1. The van der Waals surface area contributed by atoms with Crippen LogP contribution in [-0.4, -0.2) is 45.5 Å². The van der Waals surface area contributed by atoms with E-state index >= 15 is 0 Å². The molecule has 1 heterocycles. The van der Waals surface area contributed by atoms with E-state index in [1.54, 1.807) is 12.1 Å². The van der Waals surface area contributed by atoms with Crippen LogP contribution in [-0.2, 0) is 21.3 Å². The number of sulfonamides is 1. The molecule has 138 valence electrons. The topological polar surface area (TPSA) is 75.7 Å². The highest BCUT2D eigenvalue weighted by atomic mass is 32.2. The third kappa shape index (κ3) is 4.30. The number of hydrogen-bond acceptors (Lipinski definition) is 5. The first-order chi connectivity index (χ1) is 12.5. The van der Waals surface area contributed by atoms with Gasteiger partial charge < -0.3 is 4.74 Å². The molecule has 0 amide bonds. The van der Waals surface area contributed by atoms with Gasteiger partial charge in [0.1, 0.15) is 0 Å². The molecule has 1 unspecified atom stereocenters. The minimum absolute atomic E-state index is 0.0432. The van der Waals surface area contributed by atoms with Gasteiger partial charge in [-0.2, -0.15) is 0 Å². The molecule has 2 aromatic rings. The van der Waals surface area contributed by atoms with E-state index in [0.717, 1.165) is 19.5 Å². The van der Waals surface area contributed by atoms with Crippen molar-refractivity contribution in [2.24, 2.45) is 0 Å². The van der Waals surface area contributed by atoms with E-state index < -0.39 is 16.0 Å². The van der Waals surface area contributed by atoms with Crippen molar-refractivity contribution >= 4 is 16.0 Å². The Morgan fingerprint density at radius 2 is 1.85 bits per heavy atom. The third-order valence-corrected chi connectivity index (χ3v) is 6.00. The lowest BCUT2D eigenvalue weighted by Crippen LogP contribution is -2.37. The van der Waals surface area contributed by atoms with Crippen LogP contribution in [0.4, 0.5) is 0 Å². The zero-order valence-electron chi connectivity index (χ0n) is 14.6. The summed E-state index contributed by atoms with van der Waals surface area (Å²) in [7, 11) is -2.57. The number of hydrogen-bond donors (Lipinski definition) is 1. The van der Waals surface area contributed by atoms with Crippen molar-refractivity contribution < 1.29 is 17.9 Å². The number of rotatable bonds is 6. The monoisotopic (exact) mass is 374 g/mol. The van der Waals surface area contributed by atoms with Crippen molar-refractivity contribution in [2.75, 3.05) is 20.2 Å². The van der Waals surface area contributed by atoms with Gasteiger partial charge in [0, 0.05) is 25.7 Å². The summed E-state index contributed by atoms with van der Waals surface area (Å²) in [4.78, 5) is 14.0. The van der Waals surface area contributed by atoms with Gasteiger partial charge in [0.2, 0.25) is 10.0 Å². The Morgan fingerprint density at radius 3 is 2.58 bits per heavy atom. The molecule has 1 atom stereocenters. The maximum atomic E-state index is 12.8. The Labute approximate surface area is 153 Å². The summed E-state index contributed by atoms with van der Waals surface area (Å²) in [5.41, 5.74) is 1.24. The zero-order chi connectivity index (χ0) is 18.6. The normalized spacial score (nSPS) is 18.0. The van der Waals surface area contributed by atoms with E-state index in [1.807, 2.05) is 18.2 Å². The Kier molecular flexibility index (Phi) is 5.70. The van der Waals surface area contributed by atoms with Crippen LogP contribution >= 0.6 is 0 Å². The highest BCUT2D eigenvalue weighted by molar-refractivity contribution is 7.89. The lowest BCUT2D eigenvalue weighted by Gasteiger charge is -2.17. The van der Waals surface area contributed by atoms with Gasteiger partial charge in [-0.15, -0.1) is 0 Å². The third-order valence-electron chi connectivity index (χ3n) is 4.43. The summed E-state index contributed by atoms with van der Waals surface area (Å²) < 4.78 is 32.9. The molecule has 1 fully saturated rings. The van der Waals surface area contributed by atoms with Crippen molar-refractivity contribution in [3.05, 3.63) is 65.7 Å². The molecule has 6 nitrogen and oxygen atoms in total. The molecule has 0 aliphatic carbocycles. The van der Waals surface area contributed by atoms with Gasteiger partial charge in [-0.05, 0) is 24.1 Å². The molecule has 1 aliphatic heterocycles. The fourth-order valence-corrected chi connectivity index (χ4v) is 4.63. The highest BCUT2D eigenvalue weighted by Gasteiger charge is 2.29. The minimum atomic E-state index is -3.80. The number of esters is 1. The Bertz CT molecular complexity index is 868. The SMILES string of the molecule is COC(=O)c1ccccc1S(=O)(=O)NC1CCN(Cc2ccccc2)C1. The molecule has 1 saturated heterocycles. The summed E-state index contributed by atoms with van der Waals surface area (Å²) in [6, 6.07) is 16.0. The van der Waals surface area contributed by atoms with Crippen molar-refractivity contribution in [1.82, 2.24) is 9.62 Å². The molecular weight excluding hydrogens is 352 g/mol. The van der Waals surface area contributed by atoms with E-state index in [-0.39, 0.29) is 16.5 Å². The van der Waals surface area contributed by atoms with Crippen LogP contribution in [0.5, 0.6) is 0 Å². The average Bonchev–Trinajstić information content (AvgIpc) is 3.08. The van der Waals surface area contributed by atoms with Crippen LogP contribution in [0.2, 0.25) is 0 Å². The van der Waals surface area contributed by atoms with Crippen LogP contribution in [0.3, 0.4) is 0 Å². The molecule has 0 saturated carbocycles. The molecule has 2 aromatic carbocycles. The molecule has 0 aromatic heterocycles. The second-order valence-electron chi connectivity index (χ2n) is 6.32.